The molecular formula is C37H22N4O. The molecule has 0 aliphatic heterocycles. The normalized spacial score (nSPS) is 11.9. The fourth-order valence-electron chi connectivity index (χ4n) is 6.46. The molecule has 0 aliphatic rings. The Kier molecular flexibility index (Phi) is 4.70. The number of H-pyrrole nitrogens is 1. The molecular weight excluding hydrogens is 516 g/mol. The summed E-state index contributed by atoms with van der Waals surface area (Å²) in [6.07, 6.45) is 0. The standard InChI is InChI=1S/C37H22N4O/c42-36-26-15-7-6-14-25(26)28-20-29-33(21-31(28)38-36)41(32-19-18-22-10-4-5-13-24(22)34(29)32)37-39-30-17-9-8-16-27(30)35(40-37)23-11-2-1-3-12-23/h1-21H,(H,38,42). The number of pyridine rings is 1. The molecule has 0 unspecified atom stereocenters. The second-order valence-electron chi connectivity index (χ2n) is 10.7. The Morgan fingerprint density at radius 3 is 2.12 bits per heavy atom. The molecule has 6 aromatic carbocycles. The number of hydrogen-bond donors (Lipinski definition) is 1. The molecule has 3 heterocycles. The average molecular weight is 539 g/mol. The van der Waals surface area contributed by atoms with E-state index in [0.717, 1.165) is 65.6 Å². The van der Waals surface area contributed by atoms with Gasteiger partial charge in [0.25, 0.3) is 5.56 Å². The first-order valence-corrected chi connectivity index (χ1v) is 14.0. The molecule has 0 saturated carbocycles. The number of nitrogens with one attached hydrogen (secondary N) is 1. The van der Waals surface area contributed by atoms with E-state index in [2.05, 4.69) is 76.3 Å². The summed E-state index contributed by atoms with van der Waals surface area (Å²) in [5.74, 6) is 0.588. The van der Waals surface area contributed by atoms with Crippen molar-refractivity contribution in [2.75, 3.05) is 0 Å². The molecule has 9 rings (SSSR count). The summed E-state index contributed by atoms with van der Waals surface area (Å²) in [6, 6.07) is 43.3. The van der Waals surface area contributed by atoms with Gasteiger partial charge in [0.2, 0.25) is 5.95 Å². The van der Waals surface area contributed by atoms with Crippen LogP contribution in [0.4, 0.5) is 0 Å². The van der Waals surface area contributed by atoms with Gasteiger partial charge in [0.1, 0.15) is 0 Å². The topological polar surface area (TPSA) is 63.6 Å². The third-order valence-corrected chi connectivity index (χ3v) is 8.34. The summed E-state index contributed by atoms with van der Waals surface area (Å²) in [7, 11) is 0. The van der Waals surface area contributed by atoms with Gasteiger partial charge in [0, 0.05) is 32.5 Å². The summed E-state index contributed by atoms with van der Waals surface area (Å²) < 4.78 is 2.14. The second kappa shape index (κ2) is 8.59. The Hall–Kier alpha value is -5.81. The van der Waals surface area contributed by atoms with Crippen LogP contribution in [0.25, 0.3) is 82.4 Å². The maximum absolute atomic E-state index is 13.1. The number of aromatic amines is 1. The Bertz CT molecular complexity index is 2600. The summed E-state index contributed by atoms with van der Waals surface area (Å²) >= 11 is 0. The van der Waals surface area contributed by atoms with Crippen molar-refractivity contribution in [1.29, 1.82) is 0 Å². The number of para-hydroxylation sites is 1. The number of hydrogen-bond acceptors (Lipinski definition) is 3. The van der Waals surface area contributed by atoms with Gasteiger partial charge in [0.15, 0.2) is 0 Å². The van der Waals surface area contributed by atoms with Crippen LogP contribution in [0.1, 0.15) is 0 Å². The van der Waals surface area contributed by atoms with E-state index in [-0.39, 0.29) is 5.56 Å². The number of benzene rings is 6. The zero-order chi connectivity index (χ0) is 27.8. The monoisotopic (exact) mass is 538 g/mol. The van der Waals surface area contributed by atoms with Crippen LogP contribution in [0.3, 0.4) is 0 Å². The van der Waals surface area contributed by atoms with Crippen molar-refractivity contribution < 1.29 is 0 Å². The molecule has 196 valence electrons. The summed E-state index contributed by atoms with van der Waals surface area (Å²) in [6.45, 7) is 0. The lowest BCUT2D eigenvalue weighted by Crippen LogP contribution is -2.06. The fourth-order valence-corrected chi connectivity index (χ4v) is 6.46. The molecule has 0 fully saturated rings. The molecule has 5 nitrogen and oxygen atoms in total. The largest absolute Gasteiger partial charge is 0.321 e. The zero-order valence-electron chi connectivity index (χ0n) is 22.4. The fraction of sp³-hybridized carbons (Fsp3) is 0. The molecule has 9 aromatic rings. The maximum atomic E-state index is 13.1. The summed E-state index contributed by atoms with van der Waals surface area (Å²) in [5, 5.41) is 8.18. The lowest BCUT2D eigenvalue weighted by Gasteiger charge is -2.12. The second-order valence-corrected chi connectivity index (χ2v) is 10.7. The third kappa shape index (κ3) is 3.22. The van der Waals surface area contributed by atoms with E-state index in [1.165, 1.54) is 5.39 Å². The number of fused-ring (bicyclic) bond motifs is 9. The highest BCUT2D eigenvalue weighted by Gasteiger charge is 2.20. The van der Waals surface area contributed by atoms with Crippen molar-refractivity contribution in [2.24, 2.45) is 0 Å². The van der Waals surface area contributed by atoms with Gasteiger partial charge in [-0.25, -0.2) is 9.97 Å². The molecule has 3 aromatic heterocycles. The van der Waals surface area contributed by atoms with Crippen LogP contribution >= 0.6 is 0 Å². The predicted molar refractivity (Wildman–Crippen MR) is 172 cm³/mol. The quantitative estimate of drug-likeness (QED) is 0.224. The predicted octanol–water partition coefficient (Wildman–Crippen LogP) is 8.54. The third-order valence-electron chi connectivity index (χ3n) is 8.34. The van der Waals surface area contributed by atoms with E-state index in [1.54, 1.807) is 0 Å². The molecule has 42 heavy (non-hydrogen) atoms. The van der Waals surface area contributed by atoms with Crippen LogP contribution in [0.5, 0.6) is 0 Å². The first kappa shape index (κ1) is 22.9. The van der Waals surface area contributed by atoms with E-state index < -0.39 is 0 Å². The molecule has 0 aliphatic carbocycles. The van der Waals surface area contributed by atoms with E-state index in [0.29, 0.717) is 11.3 Å². The lowest BCUT2D eigenvalue weighted by atomic mass is 10.0. The van der Waals surface area contributed by atoms with Crippen LogP contribution < -0.4 is 5.56 Å². The van der Waals surface area contributed by atoms with Gasteiger partial charge in [-0.1, -0.05) is 97.1 Å². The Balaban J connectivity index is 1.49. The highest BCUT2D eigenvalue weighted by molar-refractivity contribution is 6.24. The maximum Gasteiger partial charge on any atom is 0.256 e. The highest BCUT2D eigenvalue weighted by Crippen LogP contribution is 2.39. The van der Waals surface area contributed by atoms with Crippen LogP contribution in [-0.4, -0.2) is 19.5 Å². The molecule has 0 atom stereocenters. The minimum absolute atomic E-state index is 0.0983. The van der Waals surface area contributed by atoms with Crippen molar-refractivity contribution in [3.8, 4) is 17.2 Å². The average Bonchev–Trinajstić information content (AvgIpc) is 3.37. The molecule has 0 amide bonds. The van der Waals surface area contributed by atoms with E-state index in [9.17, 15) is 4.79 Å². The summed E-state index contributed by atoms with van der Waals surface area (Å²) in [5.41, 5.74) is 5.42. The van der Waals surface area contributed by atoms with Gasteiger partial charge in [-0.05, 0) is 46.5 Å². The van der Waals surface area contributed by atoms with E-state index in [1.807, 2.05) is 60.7 Å². The van der Waals surface area contributed by atoms with Crippen molar-refractivity contribution in [3.63, 3.8) is 0 Å². The van der Waals surface area contributed by atoms with Crippen molar-refractivity contribution in [3.05, 3.63) is 138 Å². The first-order chi connectivity index (χ1) is 20.7. The summed E-state index contributed by atoms with van der Waals surface area (Å²) in [4.78, 5) is 26.6. The van der Waals surface area contributed by atoms with E-state index >= 15 is 0 Å². The smallest absolute Gasteiger partial charge is 0.256 e. The lowest BCUT2D eigenvalue weighted by molar-refractivity contribution is 1.01. The number of nitrogens with zero attached hydrogens (tertiary/aromatic N) is 3. The van der Waals surface area contributed by atoms with Crippen LogP contribution in [-0.2, 0) is 0 Å². The Labute approximate surface area is 239 Å². The SMILES string of the molecule is O=c1[nH]c2cc3c(cc2c2ccccc12)c1c2ccccc2ccc1n3-c1nc(-c2ccccc2)c2ccccc2n1. The molecule has 0 bridgehead atoms. The van der Waals surface area contributed by atoms with E-state index in [4.69, 9.17) is 9.97 Å². The van der Waals surface area contributed by atoms with Gasteiger partial charge in [0.05, 0.1) is 27.8 Å². The van der Waals surface area contributed by atoms with Crippen molar-refractivity contribution in [2.45, 2.75) is 0 Å². The Morgan fingerprint density at radius 2 is 1.26 bits per heavy atom. The zero-order valence-corrected chi connectivity index (χ0v) is 22.4. The van der Waals surface area contributed by atoms with Crippen LogP contribution in [0.15, 0.2) is 132 Å². The Morgan fingerprint density at radius 1 is 0.548 bits per heavy atom. The molecule has 5 heteroatoms. The minimum Gasteiger partial charge on any atom is -0.321 e. The van der Waals surface area contributed by atoms with Gasteiger partial charge < -0.3 is 4.98 Å². The molecule has 0 radical (unpaired) electrons. The highest BCUT2D eigenvalue weighted by atomic mass is 16.1. The van der Waals surface area contributed by atoms with Crippen molar-refractivity contribution in [1.82, 2.24) is 19.5 Å². The van der Waals surface area contributed by atoms with Crippen molar-refractivity contribution >= 4 is 65.2 Å². The van der Waals surface area contributed by atoms with Crippen LogP contribution in [0, 0.1) is 0 Å². The molecule has 0 saturated heterocycles. The number of aromatic nitrogens is 4. The van der Waals surface area contributed by atoms with Gasteiger partial charge in [-0.15, -0.1) is 0 Å². The van der Waals surface area contributed by atoms with Crippen LogP contribution in [0.2, 0.25) is 0 Å². The van der Waals surface area contributed by atoms with Gasteiger partial charge in [-0.2, -0.15) is 0 Å². The minimum atomic E-state index is -0.0983. The van der Waals surface area contributed by atoms with Gasteiger partial charge >= 0.3 is 0 Å². The molecule has 0 spiro atoms. The first-order valence-electron chi connectivity index (χ1n) is 14.0. The van der Waals surface area contributed by atoms with Gasteiger partial charge in [-0.3, -0.25) is 9.36 Å². The molecule has 1 N–H and O–H groups in total. The number of rotatable bonds is 2.